The Balaban J connectivity index is 1.82. The molecule has 0 aliphatic carbocycles. The number of hydrogen-bond acceptors (Lipinski definition) is 5. The van der Waals surface area contributed by atoms with E-state index in [0.717, 1.165) is 17.7 Å². The fraction of sp³-hybridized carbons (Fsp3) is 0.250. The fourth-order valence-corrected chi connectivity index (χ4v) is 3.08. The number of anilines is 2. The summed E-state index contributed by atoms with van der Waals surface area (Å²) in [7, 11) is 0. The van der Waals surface area contributed by atoms with Crippen molar-refractivity contribution in [3.63, 3.8) is 0 Å². The molecule has 0 atom stereocenters. The highest BCUT2D eigenvalue weighted by atomic mass is 35.5. The minimum Gasteiger partial charge on any atom is -0.374 e. The molecule has 0 bridgehead atoms. The van der Waals surface area contributed by atoms with Crippen molar-refractivity contribution < 1.29 is 4.79 Å². The van der Waals surface area contributed by atoms with Crippen molar-refractivity contribution in [2.45, 2.75) is 12.8 Å². The molecule has 0 spiro atoms. The van der Waals surface area contributed by atoms with Gasteiger partial charge in [0.25, 0.3) is 0 Å². The molecule has 0 fully saturated rings. The lowest BCUT2D eigenvalue weighted by Gasteiger charge is -2.16. The summed E-state index contributed by atoms with van der Waals surface area (Å²) in [5.41, 5.74) is 7.44. The first kappa shape index (κ1) is 12.4. The van der Waals surface area contributed by atoms with Gasteiger partial charge in [0.2, 0.25) is 11.0 Å². The highest BCUT2D eigenvalue weighted by molar-refractivity contribution is 7.15. The maximum Gasteiger partial charge on any atom is 0.233 e. The number of nitrogens with zero attached hydrogens (tertiary/aromatic N) is 3. The minimum absolute atomic E-state index is 0.00262. The summed E-state index contributed by atoms with van der Waals surface area (Å²) in [5.74, 6) is -0.00262. The summed E-state index contributed by atoms with van der Waals surface area (Å²) in [4.78, 5) is 14.0. The van der Waals surface area contributed by atoms with E-state index in [4.69, 9.17) is 17.3 Å². The van der Waals surface area contributed by atoms with Gasteiger partial charge < -0.3 is 10.6 Å². The number of halogens is 1. The Bertz CT molecular complexity index is 642. The molecular formula is C12H11ClN4OS. The molecule has 1 aromatic heterocycles. The van der Waals surface area contributed by atoms with Crippen molar-refractivity contribution in [1.29, 1.82) is 0 Å². The number of carbonyl (C=O) groups excluding carboxylic acids is 1. The van der Waals surface area contributed by atoms with E-state index in [2.05, 4.69) is 10.2 Å². The molecule has 0 radical (unpaired) electrons. The van der Waals surface area contributed by atoms with Crippen LogP contribution in [0, 0.1) is 0 Å². The number of amides is 1. The van der Waals surface area contributed by atoms with Crippen molar-refractivity contribution in [3.8, 4) is 0 Å². The van der Waals surface area contributed by atoms with Crippen LogP contribution in [0.25, 0.3) is 0 Å². The Morgan fingerprint density at radius 3 is 3.05 bits per heavy atom. The van der Waals surface area contributed by atoms with E-state index in [1.165, 1.54) is 11.3 Å². The van der Waals surface area contributed by atoms with Crippen molar-refractivity contribution in [1.82, 2.24) is 10.2 Å². The highest BCUT2D eigenvalue weighted by Crippen LogP contribution is 2.33. The maximum absolute atomic E-state index is 12.3. The van der Waals surface area contributed by atoms with Crippen LogP contribution in [-0.4, -0.2) is 22.6 Å². The van der Waals surface area contributed by atoms with E-state index in [1.54, 1.807) is 4.90 Å². The monoisotopic (exact) mass is 294 g/mol. The first-order valence-electron chi connectivity index (χ1n) is 5.81. The second kappa shape index (κ2) is 4.79. The predicted octanol–water partition coefficient (Wildman–Crippen LogP) is 1.91. The van der Waals surface area contributed by atoms with Crippen LogP contribution in [0.2, 0.25) is 5.02 Å². The first-order valence-corrected chi connectivity index (χ1v) is 7.00. The van der Waals surface area contributed by atoms with Gasteiger partial charge in [-0.05, 0) is 24.1 Å². The van der Waals surface area contributed by atoms with Gasteiger partial charge in [-0.3, -0.25) is 4.79 Å². The zero-order chi connectivity index (χ0) is 13.4. The van der Waals surface area contributed by atoms with Crippen molar-refractivity contribution in [2.24, 2.45) is 0 Å². The van der Waals surface area contributed by atoms with Crippen molar-refractivity contribution in [2.75, 3.05) is 17.2 Å². The van der Waals surface area contributed by atoms with Gasteiger partial charge in [0, 0.05) is 17.3 Å². The van der Waals surface area contributed by atoms with Crippen LogP contribution in [0.15, 0.2) is 18.2 Å². The molecule has 19 heavy (non-hydrogen) atoms. The number of nitrogens with two attached hydrogens (primary N) is 1. The number of nitrogen functional groups attached to an aromatic ring is 1. The molecule has 1 aromatic carbocycles. The number of hydrogen-bond donors (Lipinski definition) is 1. The molecule has 3 rings (SSSR count). The van der Waals surface area contributed by atoms with E-state index in [9.17, 15) is 4.79 Å². The third kappa shape index (κ3) is 2.29. The summed E-state index contributed by atoms with van der Waals surface area (Å²) in [6.07, 6.45) is 1.01. The minimum atomic E-state index is -0.00262. The molecule has 2 heterocycles. The van der Waals surface area contributed by atoms with Crippen molar-refractivity contribution >= 4 is 39.7 Å². The highest BCUT2D eigenvalue weighted by Gasteiger charge is 2.26. The van der Waals surface area contributed by atoms with Gasteiger partial charge in [0.15, 0.2) is 0 Å². The molecule has 1 amide bonds. The average molecular weight is 295 g/mol. The van der Waals surface area contributed by atoms with Gasteiger partial charge >= 0.3 is 0 Å². The van der Waals surface area contributed by atoms with Gasteiger partial charge in [0.1, 0.15) is 5.01 Å². The van der Waals surface area contributed by atoms with Gasteiger partial charge in [-0.2, -0.15) is 0 Å². The Labute approximate surface area is 119 Å². The molecule has 98 valence electrons. The molecule has 5 nitrogen and oxygen atoms in total. The summed E-state index contributed by atoms with van der Waals surface area (Å²) in [6, 6.07) is 5.62. The van der Waals surface area contributed by atoms with Crippen LogP contribution in [0.1, 0.15) is 10.6 Å². The number of benzene rings is 1. The summed E-state index contributed by atoms with van der Waals surface area (Å²) < 4.78 is 0. The second-order valence-corrected chi connectivity index (χ2v) is 5.74. The molecule has 0 saturated heterocycles. The first-order chi connectivity index (χ1) is 9.15. The zero-order valence-electron chi connectivity index (χ0n) is 9.97. The van der Waals surface area contributed by atoms with Crippen LogP contribution in [0.3, 0.4) is 0 Å². The smallest absolute Gasteiger partial charge is 0.233 e. The number of fused-ring (bicyclic) bond motifs is 1. The average Bonchev–Trinajstić information content (AvgIpc) is 2.96. The molecule has 0 saturated carbocycles. The molecule has 0 unspecified atom stereocenters. The van der Waals surface area contributed by atoms with Gasteiger partial charge in [-0.15, -0.1) is 10.2 Å². The quantitative estimate of drug-likeness (QED) is 0.918. The molecule has 7 heteroatoms. The third-order valence-electron chi connectivity index (χ3n) is 3.06. The molecular weight excluding hydrogens is 284 g/mol. The molecule has 2 N–H and O–H groups in total. The summed E-state index contributed by atoms with van der Waals surface area (Å²) in [5, 5.41) is 9.31. The Hall–Kier alpha value is -1.66. The van der Waals surface area contributed by atoms with E-state index < -0.39 is 0 Å². The summed E-state index contributed by atoms with van der Waals surface area (Å²) >= 11 is 7.37. The number of rotatable bonds is 2. The normalized spacial score (nSPS) is 13.6. The van der Waals surface area contributed by atoms with E-state index >= 15 is 0 Å². The Kier molecular flexibility index (Phi) is 3.12. The third-order valence-corrected chi connectivity index (χ3v) is 4.16. The number of carbonyl (C=O) groups is 1. The largest absolute Gasteiger partial charge is 0.374 e. The van der Waals surface area contributed by atoms with Crippen LogP contribution >= 0.6 is 22.9 Å². The van der Waals surface area contributed by atoms with Crippen molar-refractivity contribution in [3.05, 3.63) is 33.8 Å². The Morgan fingerprint density at radius 2 is 2.32 bits per heavy atom. The zero-order valence-corrected chi connectivity index (χ0v) is 11.5. The lowest BCUT2D eigenvalue weighted by atomic mass is 10.2. The maximum atomic E-state index is 12.3. The lowest BCUT2D eigenvalue weighted by molar-refractivity contribution is -0.117. The molecule has 1 aliphatic heterocycles. The lowest BCUT2D eigenvalue weighted by Crippen LogP contribution is -2.30. The summed E-state index contributed by atoms with van der Waals surface area (Å²) in [6.45, 7) is 0.659. The fourth-order valence-electron chi connectivity index (χ4n) is 2.21. The molecule has 2 aromatic rings. The van der Waals surface area contributed by atoms with E-state index in [0.29, 0.717) is 21.7 Å². The van der Waals surface area contributed by atoms with Crippen LogP contribution in [0.4, 0.5) is 10.8 Å². The predicted molar refractivity (Wildman–Crippen MR) is 75.5 cm³/mol. The van der Waals surface area contributed by atoms with Crippen LogP contribution in [0.5, 0.6) is 0 Å². The number of aromatic nitrogens is 2. The van der Waals surface area contributed by atoms with Crippen LogP contribution in [-0.2, 0) is 17.6 Å². The molecule has 1 aliphatic rings. The van der Waals surface area contributed by atoms with E-state index in [-0.39, 0.29) is 12.3 Å². The van der Waals surface area contributed by atoms with Crippen LogP contribution < -0.4 is 10.6 Å². The SMILES string of the molecule is Nc1nnc(CC(=O)N2CCc3c(Cl)cccc32)s1. The van der Waals surface area contributed by atoms with Gasteiger partial charge in [0.05, 0.1) is 6.42 Å². The van der Waals surface area contributed by atoms with Gasteiger partial charge in [-0.25, -0.2) is 0 Å². The Morgan fingerprint density at radius 1 is 1.47 bits per heavy atom. The second-order valence-electron chi connectivity index (χ2n) is 4.24. The topological polar surface area (TPSA) is 72.1 Å². The van der Waals surface area contributed by atoms with Gasteiger partial charge in [-0.1, -0.05) is 29.0 Å². The van der Waals surface area contributed by atoms with E-state index in [1.807, 2.05) is 18.2 Å². The standard InChI is InChI=1S/C12H11ClN4OS/c13-8-2-1-3-9-7(8)4-5-17(9)11(18)6-10-15-16-12(14)19-10/h1-3H,4-6H2,(H2,14,16).